The van der Waals surface area contributed by atoms with E-state index in [0.29, 0.717) is 22.6 Å². The van der Waals surface area contributed by atoms with Crippen LogP contribution in [0.1, 0.15) is 12.0 Å². The highest BCUT2D eigenvalue weighted by Crippen LogP contribution is 2.12. The second-order valence-corrected chi connectivity index (χ2v) is 6.31. The molecule has 0 spiro atoms. The Morgan fingerprint density at radius 2 is 2.16 bits per heavy atom. The van der Waals surface area contributed by atoms with Gasteiger partial charge in [-0.15, -0.1) is 0 Å². The van der Waals surface area contributed by atoms with Crippen molar-refractivity contribution in [2.45, 2.75) is 19.5 Å². The summed E-state index contributed by atoms with van der Waals surface area (Å²) in [6, 6.07) is 7.39. The van der Waals surface area contributed by atoms with E-state index in [-0.39, 0.29) is 24.4 Å². The van der Waals surface area contributed by atoms with E-state index >= 15 is 0 Å². The van der Waals surface area contributed by atoms with Crippen LogP contribution in [0.2, 0.25) is 5.02 Å². The fourth-order valence-corrected chi connectivity index (χ4v) is 2.84. The minimum Gasteiger partial charge on any atom is -0.341 e. The molecule has 0 saturated carbocycles. The van der Waals surface area contributed by atoms with Gasteiger partial charge in [-0.3, -0.25) is 18.8 Å². The van der Waals surface area contributed by atoms with Crippen molar-refractivity contribution in [1.82, 2.24) is 24.2 Å². The van der Waals surface area contributed by atoms with Gasteiger partial charge >= 0.3 is 0 Å². The summed E-state index contributed by atoms with van der Waals surface area (Å²) in [5, 5.41) is 5.12. The molecular formula is C17H18ClN5O2. The van der Waals surface area contributed by atoms with Gasteiger partial charge in [-0.2, -0.15) is 5.10 Å². The number of hydrogen-bond acceptors (Lipinski definition) is 4. The van der Waals surface area contributed by atoms with Crippen LogP contribution in [0.25, 0.3) is 11.0 Å². The van der Waals surface area contributed by atoms with Crippen molar-refractivity contribution in [3.8, 4) is 0 Å². The number of halogens is 1. The van der Waals surface area contributed by atoms with Crippen molar-refractivity contribution < 1.29 is 4.79 Å². The summed E-state index contributed by atoms with van der Waals surface area (Å²) in [5.74, 6) is -0.0573. The number of carbonyl (C=O) groups is 1. The topological polar surface area (TPSA) is 73.0 Å². The molecule has 3 aromatic rings. The summed E-state index contributed by atoms with van der Waals surface area (Å²) >= 11 is 5.96. The van der Waals surface area contributed by atoms with E-state index in [1.165, 1.54) is 17.1 Å². The maximum Gasteiger partial charge on any atom is 0.264 e. The lowest BCUT2D eigenvalue weighted by molar-refractivity contribution is -0.130. The number of amides is 1. The number of carbonyl (C=O) groups excluding carboxylic acids is 1. The zero-order chi connectivity index (χ0) is 18.0. The molecule has 2 heterocycles. The average molecular weight is 360 g/mol. The molecule has 0 radical (unpaired) electrons. The van der Waals surface area contributed by atoms with Crippen LogP contribution >= 0.6 is 11.6 Å². The molecule has 7 nitrogen and oxygen atoms in total. The third-order valence-electron chi connectivity index (χ3n) is 4.02. The highest BCUT2D eigenvalue weighted by atomic mass is 35.5. The van der Waals surface area contributed by atoms with Crippen LogP contribution < -0.4 is 5.56 Å². The van der Waals surface area contributed by atoms with E-state index in [1.807, 2.05) is 18.2 Å². The van der Waals surface area contributed by atoms with Crippen LogP contribution in [0, 0.1) is 0 Å². The molecular weight excluding hydrogens is 342 g/mol. The van der Waals surface area contributed by atoms with E-state index in [0.717, 1.165) is 5.56 Å². The molecule has 0 aliphatic carbocycles. The Balaban J connectivity index is 1.65. The zero-order valence-corrected chi connectivity index (χ0v) is 14.8. The van der Waals surface area contributed by atoms with Crippen molar-refractivity contribution in [3.05, 3.63) is 57.7 Å². The van der Waals surface area contributed by atoms with Gasteiger partial charge in [0.25, 0.3) is 5.56 Å². The van der Waals surface area contributed by atoms with Crippen LogP contribution in [-0.2, 0) is 24.9 Å². The van der Waals surface area contributed by atoms with Crippen molar-refractivity contribution >= 4 is 28.5 Å². The van der Waals surface area contributed by atoms with Crippen LogP contribution in [-0.4, -0.2) is 37.2 Å². The molecule has 0 aliphatic heterocycles. The van der Waals surface area contributed by atoms with E-state index in [2.05, 4.69) is 10.1 Å². The smallest absolute Gasteiger partial charge is 0.264 e. The first-order chi connectivity index (χ1) is 12.0. The van der Waals surface area contributed by atoms with Gasteiger partial charge in [0, 0.05) is 38.6 Å². The maximum atomic E-state index is 12.4. The Kier molecular flexibility index (Phi) is 4.85. The SMILES string of the molecule is CN(Cc1cccc(Cl)c1)C(=O)CCn1cnc2c(cnn2C)c1=O. The lowest BCUT2D eigenvalue weighted by Crippen LogP contribution is -2.29. The van der Waals surface area contributed by atoms with Gasteiger partial charge < -0.3 is 4.90 Å². The van der Waals surface area contributed by atoms with Crippen LogP contribution in [0.15, 0.2) is 41.6 Å². The summed E-state index contributed by atoms with van der Waals surface area (Å²) in [7, 11) is 3.46. The first-order valence-corrected chi connectivity index (χ1v) is 8.19. The first-order valence-electron chi connectivity index (χ1n) is 7.81. The molecule has 8 heteroatoms. The summed E-state index contributed by atoms with van der Waals surface area (Å²) in [6.45, 7) is 0.740. The van der Waals surface area contributed by atoms with E-state index in [1.54, 1.807) is 29.7 Å². The lowest BCUT2D eigenvalue weighted by Gasteiger charge is -2.17. The highest BCUT2D eigenvalue weighted by molar-refractivity contribution is 6.30. The Hall–Kier alpha value is -2.67. The molecule has 25 heavy (non-hydrogen) atoms. The normalized spacial score (nSPS) is 11.0. The van der Waals surface area contributed by atoms with E-state index < -0.39 is 0 Å². The summed E-state index contributed by atoms with van der Waals surface area (Å²) in [4.78, 5) is 30.6. The molecule has 0 aliphatic rings. The Morgan fingerprint density at radius 1 is 1.36 bits per heavy atom. The first kappa shape index (κ1) is 17.2. The van der Waals surface area contributed by atoms with E-state index in [9.17, 15) is 9.59 Å². The maximum absolute atomic E-state index is 12.4. The average Bonchev–Trinajstić information content (AvgIpc) is 2.96. The van der Waals surface area contributed by atoms with Gasteiger partial charge in [0.15, 0.2) is 5.65 Å². The fourth-order valence-electron chi connectivity index (χ4n) is 2.63. The highest BCUT2D eigenvalue weighted by Gasteiger charge is 2.12. The van der Waals surface area contributed by atoms with Gasteiger partial charge in [0.1, 0.15) is 5.39 Å². The van der Waals surface area contributed by atoms with Gasteiger partial charge in [0.05, 0.1) is 12.5 Å². The van der Waals surface area contributed by atoms with Gasteiger partial charge in [0.2, 0.25) is 5.91 Å². The lowest BCUT2D eigenvalue weighted by atomic mass is 10.2. The van der Waals surface area contributed by atoms with Crippen LogP contribution in [0.4, 0.5) is 0 Å². The van der Waals surface area contributed by atoms with Crippen molar-refractivity contribution in [2.24, 2.45) is 7.05 Å². The second-order valence-electron chi connectivity index (χ2n) is 5.88. The molecule has 2 aromatic heterocycles. The van der Waals surface area contributed by atoms with Crippen LogP contribution in [0.5, 0.6) is 0 Å². The molecule has 0 N–H and O–H groups in total. The minimum absolute atomic E-state index is 0.0573. The molecule has 130 valence electrons. The zero-order valence-electron chi connectivity index (χ0n) is 14.0. The molecule has 1 amide bonds. The third-order valence-corrected chi connectivity index (χ3v) is 4.25. The van der Waals surface area contributed by atoms with Gasteiger partial charge in [-0.25, -0.2) is 4.98 Å². The molecule has 0 saturated heterocycles. The minimum atomic E-state index is -0.191. The largest absolute Gasteiger partial charge is 0.341 e. The molecule has 0 bridgehead atoms. The third kappa shape index (κ3) is 3.71. The summed E-state index contributed by atoms with van der Waals surface area (Å²) in [6.07, 6.45) is 3.16. The van der Waals surface area contributed by atoms with E-state index in [4.69, 9.17) is 11.6 Å². The molecule has 3 rings (SSSR count). The number of aryl methyl sites for hydroxylation is 2. The molecule has 0 fully saturated rings. The predicted molar refractivity (Wildman–Crippen MR) is 95.3 cm³/mol. The Bertz CT molecular complexity index is 979. The van der Waals surface area contributed by atoms with Gasteiger partial charge in [-0.1, -0.05) is 23.7 Å². The number of hydrogen-bond donors (Lipinski definition) is 0. The Morgan fingerprint density at radius 3 is 2.92 bits per heavy atom. The Labute approximate surface area is 149 Å². The van der Waals surface area contributed by atoms with Crippen molar-refractivity contribution in [2.75, 3.05) is 7.05 Å². The standard InChI is InChI=1S/C17H18ClN5O2/c1-21(10-12-4-3-5-13(18)8-12)15(24)6-7-23-11-19-16-14(17(23)25)9-20-22(16)2/h3-5,8-9,11H,6-7,10H2,1-2H3. The predicted octanol–water partition coefficient (Wildman–Crippen LogP) is 1.83. The molecule has 0 unspecified atom stereocenters. The van der Waals surface area contributed by atoms with Gasteiger partial charge in [-0.05, 0) is 17.7 Å². The number of benzene rings is 1. The molecule has 0 atom stereocenters. The number of fused-ring (bicyclic) bond motifs is 1. The summed E-state index contributed by atoms with van der Waals surface area (Å²) < 4.78 is 2.99. The number of nitrogens with zero attached hydrogens (tertiary/aromatic N) is 5. The second kappa shape index (κ2) is 7.06. The van der Waals surface area contributed by atoms with Crippen molar-refractivity contribution in [3.63, 3.8) is 0 Å². The number of rotatable bonds is 5. The fraction of sp³-hybridized carbons (Fsp3) is 0.294. The molecule has 1 aromatic carbocycles. The van der Waals surface area contributed by atoms with Crippen LogP contribution in [0.3, 0.4) is 0 Å². The quantitative estimate of drug-likeness (QED) is 0.696. The van der Waals surface area contributed by atoms with Crippen molar-refractivity contribution in [1.29, 1.82) is 0 Å². The monoisotopic (exact) mass is 359 g/mol. The number of aromatic nitrogens is 4. The summed E-state index contributed by atoms with van der Waals surface area (Å²) in [5.41, 5.74) is 1.30.